The smallest absolute Gasteiger partial charge is 0.316 e. The van der Waals surface area contributed by atoms with Crippen LogP contribution in [0.15, 0.2) is 0 Å². The molecule has 4 heteroatoms. The van der Waals surface area contributed by atoms with Crippen LogP contribution in [0, 0.1) is 24.2 Å². The summed E-state index contributed by atoms with van der Waals surface area (Å²) in [5, 5.41) is 2.93. The molecule has 1 fully saturated rings. The van der Waals surface area contributed by atoms with Crippen LogP contribution >= 0.6 is 0 Å². The van der Waals surface area contributed by atoms with Gasteiger partial charge in [0.25, 0.3) is 0 Å². The van der Waals surface area contributed by atoms with Crippen LogP contribution in [0.5, 0.6) is 0 Å². The van der Waals surface area contributed by atoms with E-state index in [9.17, 15) is 13.2 Å². The second-order valence-electron chi connectivity index (χ2n) is 4.40. The molecule has 0 aromatic carbocycles. The second-order valence-corrected chi connectivity index (χ2v) is 4.40. The van der Waals surface area contributed by atoms with Gasteiger partial charge in [-0.15, -0.1) is 12.3 Å². The van der Waals surface area contributed by atoms with Crippen LogP contribution in [0.1, 0.15) is 32.1 Å². The fraction of sp³-hybridized carbons (Fsp3) is 0.833. The summed E-state index contributed by atoms with van der Waals surface area (Å²) in [6.45, 7) is 0. The predicted molar refractivity (Wildman–Crippen MR) is 57.8 cm³/mol. The van der Waals surface area contributed by atoms with Crippen LogP contribution in [0.4, 0.5) is 13.2 Å². The number of alkyl halides is 3. The molecule has 3 atom stereocenters. The van der Waals surface area contributed by atoms with E-state index in [4.69, 9.17) is 6.42 Å². The molecule has 0 aromatic rings. The number of rotatable bonds is 3. The van der Waals surface area contributed by atoms with Crippen LogP contribution in [-0.2, 0) is 0 Å². The third-order valence-corrected chi connectivity index (χ3v) is 3.47. The lowest BCUT2D eigenvalue weighted by atomic mass is 9.74. The summed E-state index contributed by atoms with van der Waals surface area (Å²) in [4.78, 5) is 0. The van der Waals surface area contributed by atoms with Crippen molar-refractivity contribution in [3.05, 3.63) is 0 Å². The van der Waals surface area contributed by atoms with Gasteiger partial charge in [0, 0.05) is 12.5 Å². The normalized spacial score (nSPS) is 28.4. The van der Waals surface area contributed by atoms with Crippen molar-refractivity contribution in [1.29, 1.82) is 0 Å². The minimum Gasteiger partial charge on any atom is -0.316 e. The van der Waals surface area contributed by atoms with Crippen LogP contribution in [-0.4, -0.2) is 19.3 Å². The van der Waals surface area contributed by atoms with Crippen LogP contribution in [0.2, 0.25) is 0 Å². The van der Waals surface area contributed by atoms with E-state index in [1.54, 1.807) is 7.05 Å². The van der Waals surface area contributed by atoms with Gasteiger partial charge in [0.1, 0.15) is 0 Å². The van der Waals surface area contributed by atoms with Gasteiger partial charge in [-0.25, -0.2) is 0 Å². The molecule has 0 radical (unpaired) electrons. The number of terminal acetylenes is 1. The molecule has 16 heavy (non-hydrogen) atoms. The zero-order valence-electron chi connectivity index (χ0n) is 9.48. The number of nitrogens with one attached hydrogen (secondary N) is 1. The average molecular weight is 233 g/mol. The molecular weight excluding hydrogens is 215 g/mol. The standard InChI is InChI=1S/C12H18F3N/c1-3-6-11(16-2)9-7-4-5-8-10(9)12(13,14)15/h1,9-11,16H,4-8H2,2H3. The van der Waals surface area contributed by atoms with Crippen LogP contribution < -0.4 is 5.32 Å². The minimum atomic E-state index is -4.09. The quantitative estimate of drug-likeness (QED) is 0.739. The van der Waals surface area contributed by atoms with Crippen molar-refractivity contribution < 1.29 is 13.2 Å². The largest absolute Gasteiger partial charge is 0.392 e. The Morgan fingerprint density at radius 1 is 1.38 bits per heavy atom. The highest BCUT2D eigenvalue weighted by atomic mass is 19.4. The van der Waals surface area contributed by atoms with Crippen molar-refractivity contribution >= 4 is 0 Å². The summed E-state index contributed by atoms with van der Waals surface area (Å²) in [5.74, 6) is 0.904. The number of hydrogen-bond donors (Lipinski definition) is 1. The lowest BCUT2D eigenvalue weighted by Crippen LogP contribution is -2.44. The van der Waals surface area contributed by atoms with E-state index in [1.165, 1.54) is 0 Å². The highest BCUT2D eigenvalue weighted by Crippen LogP contribution is 2.43. The third kappa shape index (κ3) is 3.15. The molecule has 1 saturated carbocycles. The van der Waals surface area contributed by atoms with Gasteiger partial charge in [-0.3, -0.25) is 0 Å². The molecule has 1 aliphatic rings. The van der Waals surface area contributed by atoms with Gasteiger partial charge >= 0.3 is 6.18 Å². The van der Waals surface area contributed by atoms with E-state index in [2.05, 4.69) is 11.2 Å². The fourth-order valence-electron chi connectivity index (χ4n) is 2.64. The maximum atomic E-state index is 12.8. The molecular formula is C12H18F3N. The molecule has 1 nitrogen and oxygen atoms in total. The molecule has 0 spiro atoms. The van der Waals surface area contributed by atoms with Crippen molar-refractivity contribution in [1.82, 2.24) is 5.32 Å². The predicted octanol–water partition coefficient (Wildman–Crippen LogP) is 2.97. The van der Waals surface area contributed by atoms with Gasteiger partial charge < -0.3 is 5.32 Å². The Balaban J connectivity index is 2.77. The van der Waals surface area contributed by atoms with Gasteiger partial charge in [-0.1, -0.05) is 12.8 Å². The van der Waals surface area contributed by atoms with Crippen molar-refractivity contribution in [2.45, 2.75) is 44.3 Å². The first-order valence-corrected chi connectivity index (χ1v) is 5.68. The summed E-state index contributed by atoms with van der Waals surface area (Å²) >= 11 is 0. The minimum absolute atomic E-state index is 0.211. The second kappa shape index (κ2) is 5.58. The van der Waals surface area contributed by atoms with E-state index in [1.807, 2.05) is 0 Å². The Labute approximate surface area is 94.8 Å². The molecule has 1 rings (SSSR count). The Morgan fingerprint density at radius 3 is 2.50 bits per heavy atom. The summed E-state index contributed by atoms with van der Waals surface area (Å²) in [6.07, 6.45) is 3.89. The van der Waals surface area contributed by atoms with Crippen molar-refractivity contribution in [2.24, 2.45) is 11.8 Å². The summed E-state index contributed by atoms with van der Waals surface area (Å²) in [5.41, 5.74) is 0. The lowest BCUT2D eigenvalue weighted by Gasteiger charge is -2.37. The molecule has 1 aliphatic carbocycles. The molecule has 0 aromatic heterocycles. The fourth-order valence-corrected chi connectivity index (χ4v) is 2.64. The Bertz CT molecular complexity index is 254. The van der Waals surface area contributed by atoms with Crippen molar-refractivity contribution in [3.63, 3.8) is 0 Å². The summed E-state index contributed by atoms with van der Waals surface area (Å²) < 4.78 is 38.5. The molecule has 92 valence electrons. The molecule has 0 saturated heterocycles. The topological polar surface area (TPSA) is 12.0 Å². The maximum Gasteiger partial charge on any atom is 0.392 e. The van der Waals surface area contributed by atoms with Gasteiger partial charge in [-0.2, -0.15) is 13.2 Å². The third-order valence-electron chi connectivity index (χ3n) is 3.47. The van der Waals surface area contributed by atoms with E-state index in [0.29, 0.717) is 19.3 Å². The molecule has 0 amide bonds. The van der Waals surface area contributed by atoms with E-state index in [-0.39, 0.29) is 18.4 Å². The van der Waals surface area contributed by atoms with E-state index < -0.39 is 12.1 Å². The SMILES string of the molecule is C#CCC(NC)C1CCCCC1C(F)(F)F. The lowest BCUT2D eigenvalue weighted by molar-refractivity contribution is -0.199. The van der Waals surface area contributed by atoms with Crippen molar-refractivity contribution in [3.8, 4) is 12.3 Å². The van der Waals surface area contributed by atoms with E-state index >= 15 is 0 Å². The Morgan fingerprint density at radius 2 is 2.00 bits per heavy atom. The molecule has 0 aliphatic heterocycles. The first-order chi connectivity index (χ1) is 7.50. The summed E-state index contributed by atoms with van der Waals surface area (Å²) in [6, 6.07) is -0.211. The average Bonchev–Trinajstić information content (AvgIpc) is 2.25. The van der Waals surface area contributed by atoms with Gasteiger partial charge in [0.05, 0.1) is 5.92 Å². The highest BCUT2D eigenvalue weighted by Gasteiger charge is 2.47. The first-order valence-electron chi connectivity index (χ1n) is 5.68. The van der Waals surface area contributed by atoms with Crippen LogP contribution in [0.3, 0.4) is 0 Å². The van der Waals surface area contributed by atoms with Crippen molar-refractivity contribution in [2.75, 3.05) is 7.05 Å². The molecule has 0 bridgehead atoms. The highest BCUT2D eigenvalue weighted by molar-refractivity contribution is 4.96. The first kappa shape index (κ1) is 13.4. The number of halogens is 3. The zero-order valence-corrected chi connectivity index (χ0v) is 9.48. The Hall–Kier alpha value is -0.690. The molecule has 1 N–H and O–H groups in total. The maximum absolute atomic E-state index is 12.8. The Kier molecular flexibility index (Phi) is 4.67. The van der Waals surface area contributed by atoms with E-state index in [0.717, 1.165) is 6.42 Å². The van der Waals surface area contributed by atoms with Crippen LogP contribution in [0.25, 0.3) is 0 Å². The zero-order chi connectivity index (χ0) is 12.2. The molecule has 0 heterocycles. The van der Waals surface area contributed by atoms with Gasteiger partial charge in [0.2, 0.25) is 0 Å². The van der Waals surface area contributed by atoms with Gasteiger partial charge in [-0.05, 0) is 25.8 Å². The molecule has 3 unspecified atom stereocenters. The summed E-state index contributed by atoms with van der Waals surface area (Å²) in [7, 11) is 1.68. The number of hydrogen-bond acceptors (Lipinski definition) is 1. The monoisotopic (exact) mass is 233 g/mol. The van der Waals surface area contributed by atoms with Gasteiger partial charge in [0.15, 0.2) is 0 Å².